The van der Waals surface area contributed by atoms with Crippen molar-refractivity contribution < 1.29 is 14.3 Å². The summed E-state index contributed by atoms with van der Waals surface area (Å²) in [4.78, 5) is 11.7. The topological polar surface area (TPSA) is 35.5 Å². The highest BCUT2D eigenvalue weighted by molar-refractivity contribution is 5.79. The SMILES string of the molecule is COc1ccc([C@H]2OCC(C)[C@@H]2C(C)=O)cc1. The van der Waals surface area contributed by atoms with Crippen LogP contribution in [0.3, 0.4) is 0 Å². The van der Waals surface area contributed by atoms with Crippen molar-refractivity contribution in [3.05, 3.63) is 29.8 Å². The molecule has 0 spiro atoms. The molecule has 0 amide bonds. The molecule has 1 aliphatic heterocycles. The molecule has 0 aromatic heterocycles. The number of benzene rings is 1. The first-order valence-electron chi connectivity index (χ1n) is 5.89. The van der Waals surface area contributed by atoms with Crippen molar-refractivity contribution in [3.8, 4) is 5.75 Å². The van der Waals surface area contributed by atoms with Crippen LogP contribution in [0.1, 0.15) is 25.5 Å². The van der Waals surface area contributed by atoms with Gasteiger partial charge in [0.15, 0.2) is 0 Å². The lowest BCUT2D eigenvalue weighted by Gasteiger charge is -2.18. The normalized spacial score (nSPS) is 28.1. The fraction of sp³-hybridized carbons (Fsp3) is 0.500. The van der Waals surface area contributed by atoms with Gasteiger partial charge in [-0.1, -0.05) is 19.1 Å². The van der Waals surface area contributed by atoms with Gasteiger partial charge in [0.1, 0.15) is 11.5 Å². The summed E-state index contributed by atoms with van der Waals surface area (Å²) < 4.78 is 10.9. The van der Waals surface area contributed by atoms with Gasteiger partial charge in [-0.05, 0) is 30.5 Å². The van der Waals surface area contributed by atoms with Crippen LogP contribution in [0.2, 0.25) is 0 Å². The minimum Gasteiger partial charge on any atom is -0.497 e. The second-order valence-electron chi connectivity index (χ2n) is 4.64. The maximum absolute atomic E-state index is 11.7. The molecule has 3 atom stereocenters. The average Bonchev–Trinajstić information content (AvgIpc) is 2.71. The van der Waals surface area contributed by atoms with Gasteiger partial charge in [0.05, 0.1) is 25.7 Å². The number of carbonyl (C=O) groups excluding carboxylic acids is 1. The number of hydrogen-bond donors (Lipinski definition) is 0. The Morgan fingerprint density at radius 2 is 2.00 bits per heavy atom. The van der Waals surface area contributed by atoms with Crippen LogP contribution in [0.15, 0.2) is 24.3 Å². The molecule has 1 fully saturated rings. The summed E-state index contributed by atoms with van der Waals surface area (Å²) >= 11 is 0. The standard InChI is InChI=1S/C14H18O3/c1-9-8-17-14(13(9)10(2)15)11-4-6-12(16-3)7-5-11/h4-7,9,13-14H,8H2,1-3H3/t9?,13-,14-/m1/s1. The zero-order valence-electron chi connectivity index (χ0n) is 10.5. The molecule has 0 radical (unpaired) electrons. The third kappa shape index (κ3) is 2.34. The second-order valence-corrected chi connectivity index (χ2v) is 4.64. The van der Waals surface area contributed by atoms with Crippen molar-refractivity contribution in [1.82, 2.24) is 0 Å². The Hall–Kier alpha value is -1.35. The molecule has 1 unspecified atom stereocenters. The smallest absolute Gasteiger partial charge is 0.136 e. The molecule has 1 saturated heterocycles. The second kappa shape index (κ2) is 4.88. The van der Waals surface area contributed by atoms with Crippen LogP contribution in [-0.2, 0) is 9.53 Å². The van der Waals surface area contributed by atoms with Crippen LogP contribution in [0.5, 0.6) is 5.75 Å². The van der Waals surface area contributed by atoms with Gasteiger partial charge in [0.25, 0.3) is 0 Å². The van der Waals surface area contributed by atoms with Crippen LogP contribution < -0.4 is 4.74 Å². The van der Waals surface area contributed by atoms with Crippen molar-refractivity contribution in [1.29, 1.82) is 0 Å². The molecule has 1 aliphatic rings. The molecule has 3 nitrogen and oxygen atoms in total. The van der Waals surface area contributed by atoms with Gasteiger partial charge in [-0.2, -0.15) is 0 Å². The number of ether oxygens (including phenoxy) is 2. The van der Waals surface area contributed by atoms with Gasteiger partial charge in [0.2, 0.25) is 0 Å². The van der Waals surface area contributed by atoms with Crippen molar-refractivity contribution in [2.45, 2.75) is 20.0 Å². The molecule has 1 aromatic carbocycles. The maximum Gasteiger partial charge on any atom is 0.136 e. The summed E-state index contributed by atoms with van der Waals surface area (Å²) in [6, 6.07) is 7.74. The molecule has 92 valence electrons. The first kappa shape index (κ1) is 12.1. The predicted molar refractivity (Wildman–Crippen MR) is 65.0 cm³/mol. The predicted octanol–water partition coefficient (Wildman–Crippen LogP) is 2.61. The van der Waals surface area contributed by atoms with E-state index in [1.54, 1.807) is 14.0 Å². The van der Waals surface area contributed by atoms with Gasteiger partial charge in [0, 0.05) is 0 Å². The summed E-state index contributed by atoms with van der Waals surface area (Å²) in [5, 5.41) is 0. The Bertz CT molecular complexity index is 396. The largest absolute Gasteiger partial charge is 0.497 e. The summed E-state index contributed by atoms with van der Waals surface area (Å²) in [7, 11) is 1.64. The Morgan fingerprint density at radius 1 is 1.35 bits per heavy atom. The van der Waals surface area contributed by atoms with E-state index in [1.165, 1.54) is 0 Å². The highest BCUT2D eigenvalue weighted by Gasteiger charge is 2.38. The van der Waals surface area contributed by atoms with Crippen molar-refractivity contribution in [3.63, 3.8) is 0 Å². The minimum absolute atomic E-state index is 0.0246. The number of rotatable bonds is 3. The Labute approximate surface area is 102 Å². The van der Waals surface area contributed by atoms with Gasteiger partial charge in [-0.25, -0.2) is 0 Å². The van der Waals surface area contributed by atoms with E-state index in [0.29, 0.717) is 12.5 Å². The van der Waals surface area contributed by atoms with Crippen LogP contribution in [0.4, 0.5) is 0 Å². The number of carbonyl (C=O) groups is 1. The van der Waals surface area contributed by atoms with Gasteiger partial charge in [-0.15, -0.1) is 0 Å². The lowest BCUT2D eigenvalue weighted by atomic mass is 9.86. The molecular weight excluding hydrogens is 216 g/mol. The highest BCUT2D eigenvalue weighted by Crippen LogP contribution is 2.39. The fourth-order valence-corrected chi connectivity index (χ4v) is 2.47. The maximum atomic E-state index is 11.7. The lowest BCUT2D eigenvalue weighted by molar-refractivity contribution is -0.123. The van der Waals surface area contributed by atoms with E-state index < -0.39 is 0 Å². The Balaban J connectivity index is 2.23. The molecule has 3 heteroatoms. The third-order valence-corrected chi connectivity index (χ3v) is 3.39. The van der Waals surface area contributed by atoms with Crippen LogP contribution >= 0.6 is 0 Å². The number of methoxy groups -OCH3 is 1. The van der Waals surface area contributed by atoms with Gasteiger partial charge < -0.3 is 9.47 Å². The average molecular weight is 234 g/mol. The number of hydrogen-bond acceptors (Lipinski definition) is 3. The van der Waals surface area contributed by atoms with E-state index in [1.807, 2.05) is 24.3 Å². The summed E-state index contributed by atoms with van der Waals surface area (Å²) in [5.41, 5.74) is 1.05. The van der Waals surface area contributed by atoms with E-state index >= 15 is 0 Å². The van der Waals surface area contributed by atoms with E-state index in [2.05, 4.69) is 6.92 Å². The molecule has 0 bridgehead atoms. The van der Waals surface area contributed by atoms with E-state index in [0.717, 1.165) is 11.3 Å². The van der Waals surface area contributed by atoms with Crippen molar-refractivity contribution in [2.24, 2.45) is 11.8 Å². The molecule has 0 saturated carbocycles. The van der Waals surface area contributed by atoms with E-state index in [-0.39, 0.29) is 17.8 Å². The molecule has 0 aliphatic carbocycles. The number of ketones is 1. The van der Waals surface area contributed by atoms with Crippen LogP contribution in [-0.4, -0.2) is 19.5 Å². The van der Waals surface area contributed by atoms with Crippen LogP contribution in [0, 0.1) is 11.8 Å². The molecule has 17 heavy (non-hydrogen) atoms. The minimum atomic E-state index is -0.103. The van der Waals surface area contributed by atoms with E-state index in [9.17, 15) is 4.79 Å². The molecule has 0 N–H and O–H groups in total. The van der Waals surface area contributed by atoms with Crippen molar-refractivity contribution in [2.75, 3.05) is 13.7 Å². The lowest BCUT2D eigenvalue weighted by Crippen LogP contribution is -2.20. The molecule has 1 aromatic rings. The molecular formula is C14H18O3. The Morgan fingerprint density at radius 3 is 2.53 bits per heavy atom. The monoisotopic (exact) mass is 234 g/mol. The quantitative estimate of drug-likeness (QED) is 0.806. The van der Waals surface area contributed by atoms with E-state index in [4.69, 9.17) is 9.47 Å². The molecule has 2 rings (SSSR count). The zero-order valence-corrected chi connectivity index (χ0v) is 10.5. The zero-order chi connectivity index (χ0) is 12.4. The highest BCUT2D eigenvalue weighted by atomic mass is 16.5. The fourth-order valence-electron chi connectivity index (χ4n) is 2.47. The number of Topliss-reactive ketones (excluding diaryl/α,β-unsaturated/α-hetero) is 1. The Kier molecular flexibility index (Phi) is 3.48. The molecule has 1 heterocycles. The van der Waals surface area contributed by atoms with Crippen LogP contribution in [0.25, 0.3) is 0 Å². The first-order chi connectivity index (χ1) is 8.13. The van der Waals surface area contributed by atoms with Gasteiger partial charge >= 0.3 is 0 Å². The van der Waals surface area contributed by atoms with Crippen molar-refractivity contribution >= 4 is 5.78 Å². The third-order valence-electron chi connectivity index (χ3n) is 3.39. The summed E-state index contributed by atoms with van der Waals surface area (Å²) in [5.74, 6) is 1.29. The van der Waals surface area contributed by atoms with Gasteiger partial charge in [-0.3, -0.25) is 4.79 Å². The summed E-state index contributed by atoms with van der Waals surface area (Å²) in [6.45, 7) is 4.36. The first-order valence-corrected chi connectivity index (χ1v) is 5.89. The summed E-state index contributed by atoms with van der Waals surface area (Å²) in [6.07, 6.45) is -0.103.